The van der Waals surface area contributed by atoms with Gasteiger partial charge in [0.2, 0.25) is 5.91 Å². The van der Waals surface area contributed by atoms with E-state index in [2.05, 4.69) is 25.5 Å². The molecule has 9 heteroatoms. The number of amides is 1. The van der Waals surface area contributed by atoms with Gasteiger partial charge in [-0.25, -0.2) is 4.98 Å². The number of benzene rings is 1. The maximum atomic E-state index is 11.7. The van der Waals surface area contributed by atoms with Crippen molar-refractivity contribution in [2.75, 3.05) is 31.6 Å². The summed E-state index contributed by atoms with van der Waals surface area (Å²) in [6.45, 7) is 6.72. The number of nitrogens with zero attached hydrogens (tertiary/aromatic N) is 3. The Hall–Kier alpha value is -2.56. The molecule has 1 fully saturated rings. The van der Waals surface area contributed by atoms with Gasteiger partial charge in [0.05, 0.1) is 12.5 Å². The van der Waals surface area contributed by atoms with Crippen LogP contribution in [0.4, 0.5) is 5.82 Å². The van der Waals surface area contributed by atoms with E-state index in [0.29, 0.717) is 25.6 Å². The number of hydrogen-bond donors (Lipinski definition) is 3. The molecule has 8 nitrogen and oxygen atoms in total. The number of pyridine rings is 1. The predicted octanol–water partition coefficient (Wildman–Crippen LogP) is 2.84. The second kappa shape index (κ2) is 13.2. The van der Waals surface area contributed by atoms with Gasteiger partial charge in [0.25, 0.3) is 0 Å². The molecule has 2 atom stereocenters. The van der Waals surface area contributed by atoms with Crippen LogP contribution >= 0.6 is 24.0 Å². The van der Waals surface area contributed by atoms with Gasteiger partial charge in [-0.15, -0.1) is 24.0 Å². The Labute approximate surface area is 213 Å². The molecule has 0 bridgehead atoms. The molecule has 1 aromatic heterocycles. The molecule has 1 aliphatic rings. The standard InChI is InChI=1S/C24H34N6O2.HI/c1-17-7-4-10-21(13-17)32-18(2)14-28-24(26-3)29-15-19-8-5-11-27-23(19)30-12-6-9-20(16-30)22(25)31;/h4-5,7-8,10-11,13,18,20H,6,9,12,14-16H2,1-3H3,(H2,25,31)(H2,26,28,29);1H. The summed E-state index contributed by atoms with van der Waals surface area (Å²) in [6.07, 6.45) is 3.53. The molecule has 1 aromatic carbocycles. The predicted molar refractivity (Wildman–Crippen MR) is 143 cm³/mol. The first-order valence-corrected chi connectivity index (χ1v) is 11.1. The number of primary amides is 1. The number of piperidine rings is 1. The fraction of sp³-hybridized carbons (Fsp3) is 0.458. The van der Waals surface area contributed by atoms with Crippen molar-refractivity contribution in [3.8, 4) is 5.75 Å². The summed E-state index contributed by atoms with van der Waals surface area (Å²) in [5.74, 6) is 2.07. The Morgan fingerprint density at radius 1 is 1.33 bits per heavy atom. The third-order valence-corrected chi connectivity index (χ3v) is 5.54. The average Bonchev–Trinajstić information content (AvgIpc) is 2.79. The van der Waals surface area contributed by atoms with Crippen molar-refractivity contribution in [1.82, 2.24) is 15.6 Å². The van der Waals surface area contributed by atoms with Crippen LogP contribution in [0.3, 0.4) is 0 Å². The largest absolute Gasteiger partial charge is 0.489 e. The van der Waals surface area contributed by atoms with Crippen molar-refractivity contribution in [1.29, 1.82) is 0 Å². The third kappa shape index (κ3) is 8.06. The number of rotatable bonds is 8. The number of nitrogens with two attached hydrogens (primary N) is 1. The smallest absolute Gasteiger partial charge is 0.222 e. The van der Waals surface area contributed by atoms with Crippen molar-refractivity contribution < 1.29 is 9.53 Å². The molecule has 2 unspecified atom stereocenters. The normalized spacial score (nSPS) is 17.0. The molecule has 33 heavy (non-hydrogen) atoms. The summed E-state index contributed by atoms with van der Waals surface area (Å²) >= 11 is 0. The molecule has 1 amide bonds. The van der Waals surface area contributed by atoms with Gasteiger partial charge in [0, 0.05) is 38.4 Å². The minimum absolute atomic E-state index is 0. The van der Waals surface area contributed by atoms with E-state index in [4.69, 9.17) is 10.5 Å². The fourth-order valence-corrected chi connectivity index (χ4v) is 3.86. The number of anilines is 1. The molecule has 1 aliphatic heterocycles. The van der Waals surface area contributed by atoms with Gasteiger partial charge in [-0.2, -0.15) is 0 Å². The zero-order chi connectivity index (χ0) is 22.9. The molecule has 1 saturated heterocycles. The van der Waals surface area contributed by atoms with Crippen molar-refractivity contribution in [2.24, 2.45) is 16.6 Å². The monoisotopic (exact) mass is 566 g/mol. The lowest BCUT2D eigenvalue weighted by Gasteiger charge is -2.33. The highest BCUT2D eigenvalue weighted by molar-refractivity contribution is 14.0. The van der Waals surface area contributed by atoms with E-state index < -0.39 is 0 Å². The molecular weight excluding hydrogens is 531 g/mol. The van der Waals surface area contributed by atoms with Crippen LogP contribution in [0.1, 0.15) is 30.9 Å². The zero-order valence-electron chi connectivity index (χ0n) is 19.6. The number of aromatic nitrogens is 1. The van der Waals surface area contributed by atoms with Crippen LogP contribution in [-0.4, -0.2) is 49.6 Å². The van der Waals surface area contributed by atoms with Crippen LogP contribution in [0.2, 0.25) is 0 Å². The van der Waals surface area contributed by atoms with E-state index in [9.17, 15) is 4.79 Å². The molecule has 2 heterocycles. The summed E-state index contributed by atoms with van der Waals surface area (Å²) < 4.78 is 5.98. The van der Waals surface area contributed by atoms with Gasteiger partial charge in [-0.3, -0.25) is 9.79 Å². The Bertz CT molecular complexity index is 939. The lowest BCUT2D eigenvalue weighted by atomic mass is 9.97. The zero-order valence-corrected chi connectivity index (χ0v) is 21.9. The van der Waals surface area contributed by atoms with Gasteiger partial charge in [-0.05, 0) is 50.5 Å². The molecule has 180 valence electrons. The minimum Gasteiger partial charge on any atom is -0.489 e. The number of aryl methyl sites for hydroxylation is 1. The Morgan fingerprint density at radius 3 is 2.88 bits per heavy atom. The summed E-state index contributed by atoms with van der Waals surface area (Å²) in [6, 6.07) is 12.0. The molecule has 0 saturated carbocycles. The Balaban J connectivity index is 0.00000385. The number of halogens is 1. The third-order valence-electron chi connectivity index (χ3n) is 5.54. The van der Waals surface area contributed by atoms with Crippen molar-refractivity contribution in [3.05, 3.63) is 53.7 Å². The van der Waals surface area contributed by atoms with Crippen LogP contribution in [0, 0.1) is 12.8 Å². The number of hydrogen-bond acceptors (Lipinski definition) is 5. The van der Waals surface area contributed by atoms with Gasteiger partial charge in [0.1, 0.15) is 17.7 Å². The highest BCUT2D eigenvalue weighted by atomic mass is 127. The fourth-order valence-electron chi connectivity index (χ4n) is 3.86. The minimum atomic E-state index is -0.239. The lowest BCUT2D eigenvalue weighted by molar-refractivity contribution is -0.122. The molecule has 3 rings (SSSR count). The van der Waals surface area contributed by atoms with E-state index in [1.807, 2.05) is 50.2 Å². The first kappa shape index (κ1) is 26.7. The molecule has 4 N–H and O–H groups in total. The van der Waals surface area contributed by atoms with E-state index in [1.54, 1.807) is 13.2 Å². The SMILES string of the molecule is CN=C(NCc1cccnc1N1CCCC(C(N)=O)C1)NCC(C)Oc1cccc(C)c1.I. The van der Waals surface area contributed by atoms with Gasteiger partial charge < -0.3 is 26.0 Å². The van der Waals surface area contributed by atoms with E-state index in [0.717, 1.165) is 36.5 Å². The number of guanidine groups is 1. The molecule has 0 spiro atoms. The highest BCUT2D eigenvalue weighted by Gasteiger charge is 2.26. The number of aliphatic imine (C=N–C) groups is 1. The van der Waals surface area contributed by atoms with Crippen LogP contribution in [0.25, 0.3) is 0 Å². The van der Waals surface area contributed by atoms with Crippen LogP contribution in [0.5, 0.6) is 5.75 Å². The van der Waals surface area contributed by atoms with Crippen molar-refractivity contribution in [2.45, 2.75) is 39.3 Å². The van der Waals surface area contributed by atoms with Crippen LogP contribution < -0.4 is 26.0 Å². The van der Waals surface area contributed by atoms with Crippen LogP contribution in [-0.2, 0) is 11.3 Å². The number of nitrogens with one attached hydrogen (secondary N) is 2. The second-order valence-electron chi connectivity index (χ2n) is 8.23. The highest BCUT2D eigenvalue weighted by Crippen LogP contribution is 2.24. The number of carbonyl (C=O) groups is 1. The first-order valence-electron chi connectivity index (χ1n) is 11.1. The number of carbonyl (C=O) groups excluding carboxylic acids is 1. The quantitative estimate of drug-likeness (QED) is 0.258. The molecular formula is C24H35IN6O2. The van der Waals surface area contributed by atoms with Crippen molar-refractivity contribution in [3.63, 3.8) is 0 Å². The van der Waals surface area contributed by atoms with E-state index in [1.165, 1.54) is 5.56 Å². The Kier molecular flexibility index (Phi) is 10.7. The topological polar surface area (TPSA) is 105 Å². The Morgan fingerprint density at radius 2 is 2.15 bits per heavy atom. The van der Waals surface area contributed by atoms with Crippen molar-refractivity contribution >= 4 is 41.7 Å². The first-order chi connectivity index (χ1) is 15.5. The van der Waals surface area contributed by atoms with Crippen LogP contribution in [0.15, 0.2) is 47.6 Å². The van der Waals surface area contributed by atoms with E-state index >= 15 is 0 Å². The summed E-state index contributed by atoms with van der Waals surface area (Å²) in [5, 5.41) is 6.67. The maximum absolute atomic E-state index is 11.7. The number of ether oxygens (including phenoxy) is 1. The van der Waals surface area contributed by atoms with Gasteiger partial charge in [-0.1, -0.05) is 18.2 Å². The van der Waals surface area contributed by atoms with Gasteiger partial charge >= 0.3 is 0 Å². The molecule has 0 radical (unpaired) electrons. The average molecular weight is 566 g/mol. The summed E-state index contributed by atoms with van der Waals surface area (Å²) in [7, 11) is 1.74. The summed E-state index contributed by atoms with van der Waals surface area (Å²) in [4.78, 5) is 22.7. The van der Waals surface area contributed by atoms with E-state index in [-0.39, 0.29) is 41.9 Å². The lowest BCUT2D eigenvalue weighted by Crippen LogP contribution is -2.43. The van der Waals surface area contributed by atoms with Gasteiger partial charge in [0.15, 0.2) is 5.96 Å². The molecule has 0 aliphatic carbocycles. The molecule has 2 aromatic rings. The second-order valence-corrected chi connectivity index (χ2v) is 8.23. The maximum Gasteiger partial charge on any atom is 0.222 e. The summed E-state index contributed by atoms with van der Waals surface area (Å²) in [5.41, 5.74) is 7.76.